The van der Waals surface area contributed by atoms with Gasteiger partial charge in [-0.05, 0) is 82.5 Å². The molecule has 40 heavy (non-hydrogen) atoms. The van der Waals surface area contributed by atoms with Crippen LogP contribution in [-0.4, -0.2) is 59.5 Å². The molecule has 1 N–H and O–H groups in total. The first kappa shape index (κ1) is 24.0. The quantitative estimate of drug-likeness (QED) is 0.320. The molecule has 4 saturated carbocycles. The number of rotatable bonds is 7. The summed E-state index contributed by atoms with van der Waals surface area (Å²) in [7, 11) is 0. The summed E-state index contributed by atoms with van der Waals surface area (Å²) < 4.78 is 6.29. The molecule has 2 aromatic rings. The summed E-state index contributed by atoms with van der Waals surface area (Å²) in [5.74, 6) is -0.784. The van der Waals surface area contributed by atoms with Gasteiger partial charge >= 0.3 is 5.82 Å². The summed E-state index contributed by atoms with van der Waals surface area (Å²) in [4.78, 5) is 56.2. The zero-order valence-corrected chi connectivity index (χ0v) is 21.9. The van der Waals surface area contributed by atoms with Gasteiger partial charge in [0.05, 0.1) is 23.8 Å². The zero-order chi connectivity index (χ0) is 27.4. The van der Waals surface area contributed by atoms with Crippen molar-refractivity contribution in [3.63, 3.8) is 0 Å². The molecule has 4 aliphatic carbocycles. The average Bonchev–Trinajstić information content (AvgIpc) is 3.62. The highest BCUT2D eigenvalue weighted by molar-refractivity contribution is 6.15. The monoisotopic (exact) mass is 543 g/mol. The van der Waals surface area contributed by atoms with Gasteiger partial charge in [0, 0.05) is 31.3 Å². The van der Waals surface area contributed by atoms with E-state index in [0.717, 1.165) is 62.1 Å². The third-order valence-corrected chi connectivity index (χ3v) is 10.1. The van der Waals surface area contributed by atoms with E-state index in [-0.39, 0.29) is 46.9 Å². The third-order valence-electron chi connectivity index (χ3n) is 10.1. The number of ether oxygens (including phenoxy) is 1. The van der Waals surface area contributed by atoms with Crippen molar-refractivity contribution in [3.05, 3.63) is 57.8 Å². The normalized spacial score (nSPS) is 31.3. The molecule has 3 amide bonds. The first-order valence-electron chi connectivity index (χ1n) is 14.0. The zero-order valence-electron chi connectivity index (χ0n) is 21.9. The van der Waals surface area contributed by atoms with Gasteiger partial charge in [-0.3, -0.25) is 24.6 Å². The van der Waals surface area contributed by atoms with Crippen LogP contribution >= 0.6 is 0 Å². The Hall–Kier alpha value is -3.86. The second kappa shape index (κ2) is 7.87. The van der Waals surface area contributed by atoms with Crippen LogP contribution in [0.25, 0.3) is 0 Å². The topological polar surface area (TPSA) is 135 Å². The number of nitro groups is 1. The lowest BCUT2D eigenvalue weighted by atomic mass is 9.33. The van der Waals surface area contributed by atoms with Crippen molar-refractivity contribution < 1.29 is 24.0 Å². The van der Waals surface area contributed by atoms with Crippen molar-refractivity contribution in [2.24, 2.45) is 5.41 Å². The molecule has 7 aliphatic rings. The van der Waals surface area contributed by atoms with E-state index in [1.165, 1.54) is 17.8 Å². The number of imide groups is 1. The van der Waals surface area contributed by atoms with E-state index in [1.54, 1.807) is 11.0 Å². The molecule has 9 rings (SSSR count). The van der Waals surface area contributed by atoms with E-state index in [9.17, 15) is 24.5 Å². The fraction of sp³-hybridized carbons (Fsp3) is 0.517. The highest BCUT2D eigenvalue weighted by atomic mass is 16.6. The molecule has 1 spiro atoms. The highest BCUT2D eigenvalue weighted by Gasteiger charge is 2.71. The van der Waals surface area contributed by atoms with Gasteiger partial charge in [0.15, 0.2) is 6.20 Å². The van der Waals surface area contributed by atoms with Crippen molar-refractivity contribution in [1.82, 2.24) is 10.3 Å². The second-order valence-corrected chi connectivity index (χ2v) is 12.7. The number of pyridine rings is 1. The van der Waals surface area contributed by atoms with E-state index in [0.29, 0.717) is 13.0 Å². The molecule has 2 bridgehead atoms. The maximum absolute atomic E-state index is 13.7. The smallest absolute Gasteiger partial charge is 0.363 e. The lowest BCUT2D eigenvalue weighted by Crippen LogP contribution is -2.67. The average molecular weight is 544 g/mol. The number of anilines is 2. The number of piperidine rings is 1. The van der Waals surface area contributed by atoms with Crippen molar-refractivity contribution in [3.8, 4) is 0 Å². The van der Waals surface area contributed by atoms with Crippen LogP contribution in [0.4, 0.5) is 17.2 Å². The Bertz CT molecular complexity index is 1470. The fourth-order valence-electron chi connectivity index (χ4n) is 8.12. The Kier molecular flexibility index (Phi) is 4.72. The van der Waals surface area contributed by atoms with Crippen LogP contribution in [0.15, 0.2) is 36.5 Å². The maximum Gasteiger partial charge on any atom is 0.363 e. The number of nitrogens with zero attached hydrogens (tertiary/aromatic N) is 4. The molecule has 1 unspecified atom stereocenters. The molecule has 206 valence electrons. The van der Waals surface area contributed by atoms with Crippen LogP contribution in [0.5, 0.6) is 0 Å². The lowest BCUT2D eigenvalue weighted by molar-refractivity contribution is -0.389. The van der Waals surface area contributed by atoms with Crippen LogP contribution in [-0.2, 0) is 30.0 Å². The predicted octanol–water partition coefficient (Wildman–Crippen LogP) is 2.50. The molecular weight excluding hydrogens is 514 g/mol. The second-order valence-electron chi connectivity index (χ2n) is 12.7. The number of nitrogens with one attached hydrogen (secondary N) is 1. The number of fused-ring (bicyclic) bond motifs is 2. The van der Waals surface area contributed by atoms with Crippen molar-refractivity contribution in [2.45, 2.75) is 67.9 Å². The van der Waals surface area contributed by atoms with Gasteiger partial charge in [0.25, 0.3) is 0 Å². The van der Waals surface area contributed by atoms with Gasteiger partial charge in [0.2, 0.25) is 17.7 Å². The number of hydrogen-bond donors (Lipinski definition) is 1. The van der Waals surface area contributed by atoms with Crippen molar-refractivity contribution in [2.75, 3.05) is 29.5 Å². The number of hydrogen-bond acceptors (Lipinski definition) is 8. The number of aromatic nitrogens is 1. The number of carbonyl (C=O) groups is 3. The molecule has 3 aliphatic heterocycles. The highest BCUT2D eigenvalue weighted by Crippen LogP contribution is 2.76. The van der Waals surface area contributed by atoms with Gasteiger partial charge in [0.1, 0.15) is 6.04 Å². The first-order chi connectivity index (χ1) is 19.2. The van der Waals surface area contributed by atoms with Gasteiger partial charge in [-0.25, -0.2) is 0 Å². The molecule has 1 aromatic carbocycles. The van der Waals surface area contributed by atoms with E-state index in [1.807, 2.05) is 12.1 Å². The summed E-state index contributed by atoms with van der Waals surface area (Å²) in [5.41, 5.74) is 3.87. The third kappa shape index (κ3) is 3.21. The van der Waals surface area contributed by atoms with Gasteiger partial charge < -0.3 is 19.8 Å². The minimum absolute atomic E-state index is 0.0202. The first-order valence-corrected chi connectivity index (χ1v) is 14.0. The Morgan fingerprint density at radius 2 is 1.88 bits per heavy atom. The number of amides is 3. The summed E-state index contributed by atoms with van der Waals surface area (Å²) in [5, 5.41) is 13.2. The van der Waals surface area contributed by atoms with Crippen LogP contribution in [0.3, 0.4) is 0 Å². The molecule has 11 heteroatoms. The Morgan fingerprint density at radius 1 is 1.10 bits per heavy atom. The standard InChI is InChI=1S/C29H29N5O6/c35-23-7-5-21(25(36)31-23)33-20-3-1-2-19(24(20)29(8-9-29)26(33)37)28-13-27(14-28,15-28)16-40-18-11-32(12-18)17-4-6-22(30-10-17)34(38)39/h1-4,6,10,18,21H,5,7-9,11-16H2,(H,31,35,36). The SMILES string of the molecule is O=C1CCC(N2C(=O)C3(CC3)c3c2cccc3C23CC(COC4CN(c5ccc([N+](=O)[O-])nc5)C4)(C2)C3)C(=O)N1. The Labute approximate surface area is 230 Å². The minimum atomic E-state index is -0.629. The van der Waals surface area contributed by atoms with Crippen LogP contribution in [0.1, 0.15) is 56.1 Å². The van der Waals surface area contributed by atoms with Crippen LogP contribution < -0.4 is 15.1 Å². The molecule has 11 nitrogen and oxygen atoms in total. The molecule has 6 fully saturated rings. The molecule has 2 saturated heterocycles. The number of carbonyl (C=O) groups excluding carboxylic acids is 3. The van der Waals surface area contributed by atoms with E-state index >= 15 is 0 Å². The van der Waals surface area contributed by atoms with E-state index < -0.39 is 16.4 Å². The molecule has 1 atom stereocenters. The van der Waals surface area contributed by atoms with E-state index in [2.05, 4.69) is 21.3 Å². The maximum atomic E-state index is 13.7. The Morgan fingerprint density at radius 3 is 2.52 bits per heavy atom. The van der Waals surface area contributed by atoms with Crippen LogP contribution in [0, 0.1) is 15.5 Å². The van der Waals surface area contributed by atoms with Gasteiger partial charge in [-0.2, -0.15) is 0 Å². The number of benzene rings is 1. The van der Waals surface area contributed by atoms with Crippen LogP contribution in [0.2, 0.25) is 0 Å². The largest absolute Gasteiger partial charge is 0.374 e. The molecule has 0 radical (unpaired) electrons. The summed E-state index contributed by atoms with van der Waals surface area (Å²) in [6, 6.07) is 8.70. The Balaban J connectivity index is 0.934. The predicted molar refractivity (Wildman–Crippen MR) is 142 cm³/mol. The molecular formula is C29H29N5O6. The van der Waals surface area contributed by atoms with Gasteiger partial charge in [-0.1, -0.05) is 12.1 Å². The molecule has 4 heterocycles. The molecule has 1 aromatic heterocycles. The fourth-order valence-corrected chi connectivity index (χ4v) is 8.12. The van der Waals surface area contributed by atoms with Crippen molar-refractivity contribution >= 4 is 34.9 Å². The summed E-state index contributed by atoms with van der Waals surface area (Å²) in [6.07, 6.45) is 7.04. The van der Waals surface area contributed by atoms with Crippen molar-refractivity contribution in [1.29, 1.82) is 0 Å². The summed E-state index contributed by atoms with van der Waals surface area (Å²) in [6.45, 7) is 2.20. The minimum Gasteiger partial charge on any atom is -0.374 e. The van der Waals surface area contributed by atoms with Gasteiger partial charge in [-0.15, -0.1) is 0 Å². The summed E-state index contributed by atoms with van der Waals surface area (Å²) >= 11 is 0. The lowest BCUT2D eigenvalue weighted by Gasteiger charge is -2.71. The van der Waals surface area contributed by atoms with E-state index in [4.69, 9.17) is 4.74 Å².